The first-order chi connectivity index (χ1) is 11.3. The summed E-state index contributed by atoms with van der Waals surface area (Å²) < 4.78 is 23.1. The van der Waals surface area contributed by atoms with Crippen LogP contribution < -0.4 is 0 Å². The van der Waals surface area contributed by atoms with Crippen LogP contribution in [-0.4, -0.2) is 52.4 Å². The van der Waals surface area contributed by atoms with E-state index in [-0.39, 0.29) is 24.4 Å². The second kappa shape index (κ2) is 7.75. The van der Waals surface area contributed by atoms with Crippen LogP contribution in [0, 0.1) is 0 Å². The molecule has 1 aromatic carbocycles. The lowest BCUT2D eigenvalue weighted by atomic mass is 9.77. The Kier molecular flexibility index (Phi) is 5.70. The third-order valence-corrected chi connectivity index (χ3v) is 5.32. The zero-order chi connectivity index (χ0) is 16.2. The minimum absolute atomic E-state index is 0.0491. The van der Waals surface area contributed by atoms with Gasteiger partial charge in [-0.25, -0.2) is 0 Å². The molecular formula is C19H28O4. The standard InChI is InChI=1S/C19H28O4/c1-20-12-18-19(22-3)17(21-2)11-16(23-18)15-10-6-8-13-7-4-5-9-14(13)15/h4-5,7,9,15-19H,6,8,10-12H2,1-3H3/t15?,16-,17-,18-,19+/m1/s1. The van der Waals surface area contributed by atoms with Crippen LogP contribution in [0.4, 0.5) is 0 Å². The largest absolute Gasteiger partial charge is 0.382 e. The summed E-state index contributed by atoms with van der Waals surface area (Å²) in [5.74, 6) is 0.440. The van der Waals surface area contributed by atoms with Gasteiger partial charge in [0.25, 0.3) is 0 Å². The Morgan fingerprint density at radius 1 is 1.13 bits per heavy atom. The molecule has 4 nitrogen and oxygen atoms in total. The Morgan fingerprint density at radius 2 is 1.96 bits per heavy atom. The number of hydrogen-bond acceptors (Lipinski definition) is 4. The van der Waals surface area contributed by atoms with E-state index in [1.165, 1.54) is 30.4 Å². The Bertz CT molecular complexity index is 504. The average molecular weight is 320 g/mol. The van der Waals surface area contributed by atoms with Gasteiger partial charge in [-0.3, -0.25) is 0 Å². The number of rotatable bonds is 5. The van der Waals surface area contributed by atoms with E-state index in [2.05, 4.69) is 24.3 Å². The normalized spacial score (nSPS) is 34.1. The van der Waals surface area contributed by atoms with Crippen molar-refractivity contribution in [1.29, 1.82) is 0 Å². The van der Waals surface area contributed by atoms with Crippen LogP contribution in [0.15, 0.2) is 24.3 Å². The van der Waals surface area contributed by atoms with Gasteiger partial charge in [0.2, 0.25) is 0 Å². The van der Waals surface area contributed by atoms with Crippen LogP contribution in [0.2, 0.25) is 0 Å². The summed E-state index contributed by atoms with van der Waals surface area (Å²) in [6.45, 7) is 0.531. The summed E-state index contributed by atoms with van der Waals surface area (Å²) in [5.41, 5.74) is 2.92. The maximum atomic E-state index is 6.43. The summed E-state index contributed by atoms with van der Waals surface area (Å²) in [6, 6.07) is 8.79. The van der Waals surface area contributed by atoms with Crippen LogP contribution in [0.25, 0.3) is 0 Å². The van der Waals surface area contributed by atoms with Crippen LogP contribution >= 0.6 is 0 Å². The lowest BCUT2D eigenvalue weighted by molar-refractivity contribution is -0.203. The van der Waals surface area contributed by atoms with Crippen molar-refractivity contribution in [2.75, 3.05) is 27.9 Å². The molecular weight excluding hydrogens is 292 g/mol. The Morgan fingerprint density at radius 3 is 2.70 bits per heavy atom. The highest BCUT2D eigenvalue weighted by molar-refractivity contribution is 5.33. The molecule has 1 aliphatic heterocycles. The first-order valence-electron chi connectivity index (χ1n) is 8.56. The smallest absolute Gasteiger partial charge is 0.112 e. The van der Waals surface area contributed by atoms with Crippen molar-refractivity contribution >= 4 is 0 Å². The van der Waals surface area contributed by atoms with Gasteiger partial charge in [-0.2, -0.15) is 0 Å². The molecule has 3 rings (SSSR count). The van der Waals surface area contributed by atoms with E-state index in [9.17, 15) is 0 Å². The van der Waals surface area contributed by atoms with Gasteiger partial charge in [0.1, 0.15) is 12.2 Å². The molecule has 1 fully saturated rings. The van der Waals surface area contributed by atoms with Crippen LogP contribution in [0.1, 0.15) is 36.3 Å². The highest BCUT2D eigenvalue weighted by Gasteiger charge is 2.42. The van der Waals surface area contributed by atoms with E-state index in [1.54, 1.807) is 21.3 Å². The van der Waals surface area contributed by atoms with Gasteiger partial charge in [0.05, 0.1) is 18.8 Å². The summed E-state index contributed by atoms with van der Waals surface area (Å²) in [5, 5.41) is 0. The fourth-order valence-corrected chi connectivity index (χ4v) is 4.23. The van der Waals surface area contributed by atoms with E-state index in [1.807, 2.05) is 0 Å². The minimum Gasteiger partial charge on any atom is -0.382 e. The van der Waals surface area contributed by atoms with Gasteiger partial charge in [0, 0.05) is 33.7 Å². The number of aryl methyl sites for hydroxylation is 1. The molecule has 0 radical (unpaired) electrons. The zero-order valence-corrected chi connectivity index (χ0v) is 14.4. The molecule has 0 saturated carbocycles. The van der Waals surface area contributed by atoms with Gasteiger partial charge in [-0.15, -0.1) is 0 Å². The molecule has 2 aliphatic rings. The highest BCUT2D eigenvalue weighted by Crippen LogP contribution is 2.40. The van der Waals surface area contributed by atoms with Crippen molar-refractivity contribution < 1.29 is 18.9 Å². The number of fused-ring (bicyclic) bond motifs is 1. The molecule has 1 heterocycles. The SMILES string of the molecule is COC[C@H]1O[C@@H](C2CCCc3ccccc32)C[C@@H](OC)[C@@H]1OC. The summed E-state index contributed by atoms with van der Waals surface area (Å²) in [6.07, 6.45) is 4.50. The molecule has 128 valence electrons. The van der Waals surface area contributed by atoms with Crippen molar-refractivity contribution in [3.8, 4) is 0 Å². The molecule has 0 aromatic heterocycles. The fraction of sp³-hybridized carbons (Fsp3) is 0.684. The first kappa shape index (κ1) is 16.9. The maximum absolute atomic E-state index is 6.43. The monoisotopic (exact) mass is 320 g/mol. The van der Waals surface area contributed by atoms with E-state index >= 15 is 0 Å². The first-order valence-corrected chi connectivity index (χ1v) is 8.56. The van der Waals surface area contributed by atoms with Gasteiger partial charge in [-0.05, 0) is 30.4 Å². The van der Waals surface area contributed by atoms with E-state index in [0.29, 0.717) is 12.5 Å². The van der Waals surface area contributed by atoms with E-state index in [0.717, 1.165) is 6.42 Å². The molecule has 1 aliphatic carbocycles. The molecule has 0 spiro atoms. The van der Waals surface area contributed by atoms with Crippen molar-refractivity contribution in [2.45, 2.75) is 56.0 Å². The van der Waals surface area contributed by atoms with Gasteiger partial charge in [-0.1, -0.05) is 24.3 Å². The number of methoxy groups -OCH3 is 3. The molecule has 1 saturated heterocycles. The Balaban J connectivity index is 1.83. The van der Waals surface area contributed by atoms with Crippen molar-refractivity contribution in [3.63, 3.8) is 0 Å². The Labute approximate surface area is 139 Å². The van der Waals surface area contributed by atoms with Crippen LogP contribution in [-0.2, 0) is 25.4 Å². The fourth-order valence-electron chi connectivity index (χ4n) is 4.23. The molecule has 4 heteroatoms. The van der Waals surface area contributed by atoms with Crippen molar-refractivity contribution in [1.82, 2.24) is 0 Å². The molecule has 0 amide bonds. The second-order valence-electron chi connectivity index (χ2n) is 6.58. The molecule has 1 unspecified atom stereocenters. The predicted molar refractivity (Wildman–Crippen MR) is 88.9 cm³/mol. The number of benzene rings is 1. The summed E-state index contributed by atoms with van der Waals surface area (Å²) >= 11 is 0. The molecule has 0 N–H and O–H groups in total. The summed E-state index contributed by atoms with van der Waals surface area (Å²) in [7, 11) is 5.19. The third kappa shape index (κ3) is 3.45. The third-order valence-electron chi connectivity index (χ3n) is 5.32. The van der Waals surface area contributed by atoms with Gasteiger partial charge < -0.3 is 18.9 Å². The quantitative estimate of drug-likeness (QED) is 0.836. The minimum atomic E-state index is -0.0808. The Hall–Kier alpha value is -0.940. The highest BCUT2D eigenvalue weighted by atomic mass is 16.6. The molecule has 1 aromatic rings. The second-order valence-corrected chi connectivity index (χ2v) is 6.58. The zero-order valence-electron chi connectivity index (χ0n) is 14.4. The predicted octanol–water partition coefficient (Wildman–Crippen LogP) is 2.94. The van der Waals surface area contributed by atoms with Gasteiger partial charge >= 0.3 is 0 Å². The summed E-state index contributed by atoms with van der Waals surface area (Å²) in [4.78, 5) is 0. The lowest BCUT2D eigenvalue weighted by Crippen LogP contribution is -2.53. The average Bonchev–Trinajstić information content (AvgIpc) is 2.60. The number of ether oxygens (including phenoxy) is 4. The number of hydrogen-bond donors (Lipinski definition) is 0. The van der Waals surface area contributed by atoms with Crippen molar-refractivity contribution in [3.05, 3.63) is 35.4 Å². The van der Waals surface area contributed by atoms with Crippen molar-refractivity contribution in [2.24, 2.45) is 0 Å². The topological polar surface area (TPSA) is 36.9 Å². The van der Waals surface area contributed by atoms with Crippen LogP contribution in [0.3, 0.4) is 0 Å². The maximum Gasteiger partial charge on any atom is 0.112 e. The molecule has 23 heavy (non-hydrogen) atoms. The molecule has 5 atom stereocenters. The van der Waals surface area contributed by atoms with E-state index in [4.69, 9.17) is 18.9 Å². The molecule has 0 bridgehead atoms. The van der Waals surface area contributed by atoms with Gasteiger partial charge in [0.15, 0.2) is 0 Å². The van der Waals surface area contributed by atoms with E-state index < -0.39 is 0 Å². The lowest BCUT2D eigenvalue weighted by Gasteiger charge is -2.44. The van der Waals surface area contributed by atoms with Crippen LogP contribution in [0.5, 0.6) is 0 Å².